The second-order valence-corrected chi connectivity index (χ2v) is 11.4. The monoisotopic (exact) mass is 672 g/mol. The molecule has 0 saturated carbocycles. The first-order chi connectivity index (χ1) is 20.9. The molecule has 7 amide bonds. The van der Waals surface area contributed by atoms with E-state index in [1.54, 1.807) is 10.9 Å². The predicted molar refractivity (Wildman–Crippen MR) is 149 cm³/mol. The first-order valence-corrected chi connectivity index (χ1v) is 14.3. The Morgan fingerprint density at radius 3 is 2.40 bits per heavy atom. The van der Waals surface area contributed by atoms with E-state index in [1.807, 2.05) is 5.43 Å². The number of carbonyl (C=O) groups excluding carboxylic acids is 5. The van der Waals surface area contributed by atoms with Crippen LogP contribution in [0.5, 0.6) is 11.5 Å². The summed E-state index contributed by atoms with van der Waals surface area (Å²) in [6, 6.07) is -1.13. The molecule has 242 valence electrons. The van der Waals surface area contributed by atoms with Gasteiger partial charge < -0.3 is 31.2 Å². The van der Waals surface area contributed by atoms with E-state index in [9.17, 15) is 52.5 Å². The Balaban J connectivity index is 1.50. The number of phenolic OH excluding ortho intramolecular Hbond substituents is 2. The van der Waals surface area contributed by atoms with Gasteiger partial charge in [-0.05, 0) is 32.0 Å². The number of aliphatic carboxylic acids is 1. The fourth-order valence-electron chi connectivity index (χ4n) is 2.93. The molecule has 1 aliphatic rings. The van der Waals surface area contributed by atoms with E-state index in [0.717, 1.165) is 43.4 Å². The highest BCUT2D eigenvalue weighted by molar-refractivity contribution is 7.88. The van der Waals surface area contributed by atoms with Crippen molar-refractivity contribution in [2.75, 3.05) is 12.3 Å². The van der Waals surface area contributed by atoms with E-state index >= 15 is 0 Å². The van der Waals surface area contributed by atoms with Gasteiger partial charge in [0, 0.05) is 10.9 Å². The molecule has 11 N–H and O–H groups in total. The summed E-state index contributed by atoms with van der Waals surface area (Å²) < 4.78 is 25.7. The maximum absolute atomic E-state index is 12.8. The molecule has 1 aliphatic heterocycles. The van der Waals surface area contributed by atoms with Gasteiger partial charge >= 0.3 is 28.2 Å². The number of carboxylic acids is 1. The standard InChI is InChI=1S/C21H24N10O12S2/c1-21(2,17(37)38)43-28-13(10-7-44-18(22)24-10)15(35)23-9-6-31(16(9)36)20(40)29-45(41,42)30-27-19(39)26-25-14(34)8-3-4-11(32)12(33)5-8/h3-5,7,9,30,32-33H,6H2,1-2H3,(H2,22,24)(H,23,35)(H,25,34)(H,29,40)(H,37,38)(H2,26,27,39)/t9-/m0/s1. The fourth-order valence-corrected chi connectivity index (χ4v) is 4.10. The van der Waals surface area contributed by atoms with Crippen LogP contribution in [0.4, 0.5) is 14.7 Å². The molecule has 0 radical (unpaired) electrons. The Morgan fingerprint density at radius 2 is 1.82 bits per heavy atom. The number of nitrogen functional groups attached to an aromatic ring is 1. The SMILES string of the molecule is CC(C)(ON=C(C(=O)N[C@H]1CN(C(=O)NS(=O)(=O)NNC(=O)NNC(=O)c2ccc(O)c(O)c2)C1=O)c1csc(N)n1)C(=O)O. The molecule has 1 aromatic carbocycles. The normalized spacial score (nSPS) is 14.9. The maximum Gasteiger partial charge on any atom is 0.350 e. The quantitative estimate of drug-likeness (QED) is 0.0526. The van der Waals surface area contributed by atoms with Gasteiger partial charge in [0.15, 0.2) is 22.3 Å². The molecule has 24 heteroatoms. The lowest BCUT2D eigenvalue weighted by atomic mass is 10.1. The van der Waals surface area contributed by atoms with Gasteiger partial charge in [0.25, 0.3) is 17.7 Å². The van der Waals surface area contributed by atoms with Crippen LogP contribution in [0, 0.1) is 0 Å². The number of rotatable bonds is 10. The molecule has 0 spiro atoms. The van der Waals surface area contributed by atoms with Crippen molar-refractivity contribution in [2.24, 2.45) is 5.16 Å². The van der Waals surface area contributed by atoms with Crippen molar-refractivity contribution in [1.82, 2.24) is 41.0 Å². The van der Waals surface area contributed by atoms with Gasteiger partial charge in [-0.1, -0.05) is 5.16 Å². The Morgan fingerprint density at radius 1 is 1.13 bits per heavy atom. The van der Waals surface area contributed by atoms with Crippen LogP contribution >= 0.6 is 11.3 Å². The topological polar surface area (TPSA) is 333 Å². The molecule has 1 aromatic heterocycles. The number of aromatic nitrogens is 1. The van der Waals surface area contributed by atoms with Gasteiger partial charge in [-0.15, -0.1) is 16.2 Å². The fraction of sp³-hybridized carbons (Fsp3) is 0.238. The number of carbonyl (C=O) groups is 6. The van der Waals surface area contributed by atoms with Crippen LogP contribution in [0.25, 0.3) is 0 Å². The van der Waals surface area contributed by atoms with Crippen LogP contribution in [0.3, 0.4) is 0 Å². The average Bonchev–Trinajstić information content (AvgIpc) is 3.38. The number of hydrazine groups is 2. The minimum atomic E-state index is -4.82. The number of aromatic hydroxyl groups is 2. The number of carboxylic acid groups (broad SMARTS) is 1. The van der Waals surface area contributed by atoms with E-state index in [1.165, 1.54) is 14.9 Å². The Kier molecular flexibility index (Phi) is 9.95. The molecule has 1 fully saturated rings. The third-order valence-corrected chi connectivity index (χ3v) is 6.88. The molecular weight excluding hydrogens is 648 g/mol. The number of imide groups is 1. The molecular formula is C21H24N10O12S2. The van der Waals surface area contributed by atoms with Crippen molar-refractivity contribution in [2.45, 2.75) is 25.5 Å². The van der Waals surface area contributed by atoms with E-state index in [-0.39, 0.29) is 16.4 Å². The Hall–Kier alpha value is -5.75. The summed E-state index contributed by atoms with van der Waals surface area (Å²) in [6.07, 6.45) is 0. The minimum absolute atomic E-state index is 0.0346. The van der Waals surface area contributed by atoms with E-state index in [4.69, 9.17) is 10.6 Å². The number of nitrogens with two attached hydrogens (primary N) is 1. The predicted octanol–water partition coefficient (Wildman–Crippen LogP) is -2.85. The first-order valence-electron chi connectivity index (χ1n) is 11.9. The Labute approximate surface area is 255 Å². The van der Waals surface area contributed by atoms with E-state index in [0.29, 0.717) is 4.90 Å². The zero-order valence-corrected chi connectivity index (χ0v) is 24.5. The van der Waals surface area contributed by atoms with Crippen molar-refractivity contribution in [3.63, 3.8) is 0 Å². The molecule has 22 nitrogen and oxygen atoms in total. The molecule has 2 heterocycles. The van der Waals surface area contributed by atoms with Crippen LogP contribution in [0.1, 0.15) is 29.9 Å². The average molecular weight is 673 g/mol. The van der Waals surface area contributed by atoms with Crippen molar-refractivity contribution in [1.29, 1.82) is 0 Å². The molecule has 0 aliphatic carbocycles. The van der Waals surface area contributed by atoms with Crippen molar-refractivity contribution in [3.8, 4) is 11.5 Å². The first kappa shape index (κ1) is 33.7. The number of urea groups is 2. The van der Waals surface area contributed by atoms with Gasteiger partial charge in [0.2, 0.25) is 5.60 Å². The summed E-state index contributed by atoms with van der Waals surface area (Å²) >= 11 is 0.926. The zero-order chi connectivity index (χ0) is 33.7. The lowest BCUT2D eigenvalue weighted by molar-refractivity contribution is -0.161. The molecule has 0 bridgehead atoms. The third-order valence-electron chi connectivity index (χ3n) is 5.39. The largest absolute Gasteiger partial charge is 0.504 e. The summed E-state index contributed by atoms with van der Waals surface area (Å²) in [5, 5.41) is 35.0. The van der Waals surface area contributed by atoms with E-state index in [2.05, 4.69) is 15.5 Å². The van der Waals surface area contributed by atoms with Crippen LogP contribution in [-0.2, 0) is 29.4 Å². The lowest BCUT2D eigenvalue weighted by Crippen LogP contribution is -2.68. The molecule has 3 rings (SSSR count). The van der Waals surface area contributed by atoms with Crippen LogP contribution in [0.15, 0.2) is 28.7 Å². The number of hydrogen-bond donors (Lipinski definition) is 10. The number of oxime groups is 1. The highest BCUT2D eigenvalue weighted by Gasteiger charge is 2.43. The van der Waals surface area contributed by atoms with Crippen LogP contribution in [0.2, 0.25) is 0 Å². The van der Waals surface area contributed by atoms with Crippen LogP contribution in [-0.4, -0.2) is 93.3 Å². The number of benzene rings is 1. The van der Waals surface area contributed by atoms with Gasteiger partial charge in [-0.2, -0.15) is 8.42 Å². The van der Waals surface area contributed by atoms with Gasteiger partial charge in [0.1, 0.15) is 11.7 Å². The minimum Gasteiger partial charge on any atom is -0.504 e. The number of anilines is 1. The summed E-state index contributed by atoms with van der Waals surface area (Å²) in [5.74, 6) is -5.58. The summed E-state index contributed by atoms with van der Waals surface area (Å²) in [7, 11) is -4.82. The number of nitrogens with one attached hydrogen (secondary N) is 6. The van der Waals surface area contributed by atoms with Crippen molar-refractivity contribution < 1.29 is 57.3 Å². The second-order valence-electron chi connectivity index (χ2n) is 9.14. The molecule has 2 aromatic rings. The number of β-lactam (4-membered cyclic amide) rings is 1. The number of likely N-dealkylation sites (tertiary alicyclic amines) is 1. The second kappa shape index (κ2) is 13.3. The maximum atomic E-state index is 12.8. The highest BCUT2D eigenvalue weighted by Crippen LogP contribution is 2.24. The number of amides is 7. The third kappa shape index (κ3) is 8.65. The van der Waals surface area contributed by atoms with Gasteiger partial charge in [-0.25, -0.2) is 29.5 Å². The highest BCUT2D eigenvalue weighted by atomic mass is 32.2. The van der Waals surface area contributed by atoms with Crippen molar-refractivity contribution >= 4 is 68.1 Å². The number of thiazole rings is 1. The zero-order valence-electron chi connectivity index (χ0n) is 22.8. The molecule has 0 unspecified atom stereocenters. The summed E-state index contributed by atoms with van der Waals surface area (Å²) in [6.45, 7) is 1.81. The molecule has 1 saturated heterocycles. The summed E-state index contributed by atoms with van der Waals surface area (Å²) in [5.41, 5.74) is 8.12. The smallest absolute Gasteiger partial charge is 0.350 e. The van der Waals surface area contributed by atoms with Gasteiger partial charge in [-0.3, -0.25) is 30.1 Å². The number of nitrogens with zero attached hydrogens (tertiary/aromatic N) is 3. The summed E-state index contributed by atoms with van der Waals surface area (Å²) in [4.78, 5) is 83.3. The Bertz CT molecular complexity index is 1690. The lowest BCUT2D eigenvalue weighted by Gasteiger charge is -2.36. The number of phenols is 2. The number of hydrogen-bond acceptors (Lipinski definition) is 15. The van der Waals surface area contributed by atoms with E-state index < -0.39 is 81.4 Å². The van der Waals surface area contributed by atoms with Gasteiger partial charge in [0.05, 0.1) is 6.54 Å². The van der Waals surface area contributed by atoms with Crippen LogP contribution < -0.4 is 36.9 Å². The molecule has 1 atom stereocenters. The molecule has 45 heavy (non-hydrogen) atoms. The van der Waals surface area contributed by atoms with Crippen molar-refractivity contribution in [3.05, 3.63) is 34.8 Å².